The fourth-order valence-corrected chi connectivity index (χ4v) is 3.49. The van der Waals surface area contributed by atoms with E-state index in [1.165, 1.54) is 6.42 Å². The van der Waals surface area contributed by atoms with Gasteiger partial charge in [-0.3, -0.25) is 0 Å². The molecule has 1 fully saturated rings. The average Bonchev–Trinajstić information content (AvgIpc) is 2.85. The molecule has 0 unspecified atom stereocenters. The van der Waals surface area contributed by atoms with Gasteiger partial charge in [-0.25, -0.2) is 4.98 Å². The van der Waals surface area contributed by atoms with Gasteiger partial charge in [0.1, 0.15) is 5.82 Å². The maximum atomic E-state index is 10.9. The molecule has 1 aliphatic rings. The van der Waals surface area contributed by atoms with Crippen LogP contribution in [-0.4, -0.2) is 20.3 Å². The zero-order chi connectivity index (χ0) is 14.8. The summed E-state index contributed by atoms with van der Waals surface area (Å²) in [6.07, 6.45) is 9.88. The number of nitrogens with zero attached hydrogens (tertiary/aromatic N) is 2. The number of imidazole rings is 1. The van der Waals surface area contributed by atoms with Gasteiger partial charge in [0.25, 0.3) is 0 Å². The predicted octanol–water partition coefficient (Wildman–Crippen LogP) is 3.80. The molecule has 0 aromatic carbocycles. The molecule has 0 atom stereocenters. The molecule has 1 aliphatic carbocycles. The van der Waals surface area contributed by atoms with Crippen LogP contribution in [-0.2, 0) is 13.0 Å². The quantitative estimate of drug-likeness (QED) is 0.889. The molecule has 0 spiro atoms. The second-order valence-electron chi connectivity index (χ2n) is 7.15. The molecule has 1 aromatic heterocycles. The Kier molecular flexibility index (Phi) is 4.58. The van der Waals surface area contributed by atoms with Gasteiger partial charge >= 0.3 is 0 Å². The van der Waals surface area contributed by atoms with Gasteiger partial charge in [0, 0.05) is 25.4 Å². The maximum absolute atomic E-state index is 10.9. The Hall–Kier alpha value is -0.830. The molecule has 0 aliphatic heterocycles. The lowest BCUT2D eigenvalue weighted by Gasteiger charge is -2.42. The zero-order valence-corrected chi connectivity index (χ0v) is 13.5. The van der Waals surface area contributed by atoms with Crippen LogP contribution in [0.25, 0.3) is 0 Å². The minimum atomic E-state index is -0.543. The van der Waals surface area contributed by atoms with Crippen molar-refractivity contribution in [1.82, 2.24) is 9.55 Å². The van der Waals surface area contributed by atoms with Crippen LogP contribution in [0, 0.1) is 11.3 Å². The van der Waals surface area contributed by atoms with Crippen LogP contribution >= 0.6 is 0 Å². The summed E-state index contributed by atoms with van der Waals surface area (Å²) >= 11 is 0. The Balaban J connectivity index is 1.98. The highest BCUT2D eigenvalue weighted by Crippen LogP contribution is 2.44. The van der Waals surface area contributed by atoms with Crippen molar-refractivity contribution >= 4 is 0 Å². The van der Waals surface area contributed by atoms with E-state index in [1.54, 1.807) is 0 Å². The Morgan fingerprint density at radius 1 is 1.35 bits per heavy atom. The summed E-state index contributed by atoms with van der Waals surface area (Å²) in [5.74, 6) is 1.78. The average molecular weight is 278 g/mol. The summed E-state index contributed by atoms with van der Waals surface area (Å²) in [6, 6.07) is 0. The zero-order valence-electron chi connectivity index (χ0n) is 13.5. The topological polar surface area (TPSA) is 38.0 Å². The predicted molar refractivity (Wildman–Crippen MR) is 82.6 cm³/mol. The van der Waals surface area contributed by atoms with Crippen LogP contribution in [0.1, 0.15) is 65.6 Å². The van der Waals surface area contributed by atoms with Crippen molar-refractivity contribution in [3.8, 4) is 0 Å². The molecule has 114 valence electrons. The van der Waals surface area contributed by atoms with E-state index in [0.717, 1.165) is 44.0 Å². The second kappa shape index (κ2) is 5.88. The number of hydrogen-bond acceptors (Lipinski definition) is 2. The molecule has 3 nitrogen and oxygen atoms in total. The van der Waals surface area contributed by atoms with Crippen LogP contribution in [0.3, 0.4) is 0 Å². The van der Waals surface area contributed by atoms with E-state index in [9.17, 15) is 5.11 Å². The Morgan fingerprint density at radius 2 is 2.00 bits per heavy atom. The van der Waals surface area contributed by atoms with E-state index in [1.807, 2.05) is 12.4 Å². The van der Waals surface area contributed by atoms with Gasteiger partial charge in [0.15, 0.2) is 0 Å². The fraction of sp³-hybridized carbons (Fsp3) is 0.824. The number of aromatic nitrogens is 2. The van der Waals surface area contributed by atoms with Crippen LogP contribution in [0.5, 0.6) is 0 Å². The molecular formula is C17H30N2O. The van der Waals surface area contributed by atoms with Gasteiger partial charge in [0.2, 0.25) is 0 Å². The molecule has 1 heterocycles. The summed E-state index contributed by atoms with van der Waals surface area (Å²) in [7, 11) is 0. The number of hydrogen-bond donors (Lipinski definition) is 1. The molecule has 3 heteroatoms. The normalized spacial score (nSPS) is 27.8. The minimum Gasteiger partial charge on any atom is -0.389 e. The van der Waals surface area contributed by atoms with Crippen LogP contribution in [0.2, 0.25) is 0 Å². The first kappa shape index (κ1) is 15.6. The van der Waals surface area contributed by atoms with Gasteiger partial charge in [-0.2, -0.15) is 0 Å². The number of rotatable bonds is 5. The first-order valence-electron chi connectivity index (χ1n) is 8.12. The molecule has 0 radical (unpaired) electrons. The molecule has 0 saturated heterocycles. The first-order valence-corrected chi connectivity index (χ1v) is 8.12. The second-order valence-corrected chi connectivity index (χ2v) is 7.15. The van der Waals surface area contributed by atoms with Gasteiger partial charge in [-0.15, -0.1) is 0 Å². The molecule has 20 heavy (non-hydrogen) atoms. The van der Waals surface area contributed by atoms with Crippen molar-refractivity contribution < 1.29 is 5.11 Å². The highest BCUT2D eigenvalue weighted by molar-refractivity contribution is 5.01. The molecule has 0 amide bonds. The van der Waals surface area contributed by atoms with Crippen LogP contribution in [0.4, 0.5) is 0 Å². The molecule has 1 saturated carbocycles. The van der Waals surface area contributed by atoms with Gasteiger partial charge < -0.3 is 9.67 Å². The lowest BCUT2D eigenvalue weighted by Crippen LogP contribution is -2.40. The Bertz CT molecular complexity index is 428. The smallest absolute Gasteiger partial charge is 0.111 e. The SMILES string of the molecule is CCn1ccnc1CC1(O)CCC(C(C)(C)CC)CC1. The Morgan fingerprint density at radius 3 is 2.55 bits per heavy atom. The van der Waals surface area contributed by atoms with Gasteiger partial charge in [-0.05, 0) is 43.9 Å². The van der Waals surface area contributed by atoms with Crippen molar-refractivity contribution in [2.75, 3.05) is 0 Å². The third-order valence-electron chi connectivity index (χ3n) is 5.56. The highest BCUT2D eigenvalue weighted by atomic mass is 16.3. The van der Waals surface area contributed by atoms with Crippen molar-refractivity contribution in [3.05, 3.63) is 18.2 Å². The van der Waals surface area contributed by atoms with Crippen molar-refractivity contribution in [1.29, 1.82) is 0 Å². The van der Waals surface area contributed by atoms with Crippen molar-refractivity contribution in [2.45, 2.75) is 78.4 Å². The third kappa shape index (κ3) is 3.25. The van der Waals surface area contributed by atoms with Crippen LogP contribution in [0.15, 0.2) is 12.4 Å². The molecule has 2 rings (SSSR count). The molecule has 0 bridgehead atoms. The molecular weight excluding hydrogens is 248 g/mol. The summed E-state index contributed by atoms with van der Waals surface area (Å²) in [5.41, 5.74) is -0.137. The summed E-state index contributed by atoms with van der Waals surface area (Å²) < 4.78 is 2.14. The largest absolute Gasteiger partial charge is 0.389 e. The molecule has 1 aromatic rings. The Labute approximate surface area is 123 Å². The highest BCUT2D eigenvalue weighted by Gasteiger charge is 2.39. The van der Waals surface area contributed by atoms with E-state index in [-0.39, 0.29) is 0 Å². The fourth-order valence-electron chi connectivity index (χ4n) is 3.49. The van der Waals surface area contributed by atoms with Crippen LogP contribution < -0.4 is 0 Å². The minimum absolute atomic E-state index is 0.406. The van der Waals surface area contributed by atoms with E-state index in [4.69, 9.17) is 0 Å². The van der Waals surface area contributed by atoms with Crippen molar-refractivity contribution in [2.24, 2.45) is 11.3 Å². The third-order valence-corrected chi connectivity index (χ3v) is 5.56. The van der Waals surface area contributed by atoms with Gasteiger partial charge in [-0.1, -0.05) is 27.2 Å². The summed E-state index contributed by atoms with van der Waals surface area (Å²) in [4.78, 5) is 4.41. The maximum Gasteiger partial charge on any atom is 0.111 e. The van der Waals surface area contributed by atoms with E-state index in [0.29, 0.717) is 11.8 Å². The van der Waals surface area contributed by atoms with Crippen molar-refractivity contribution in [3.63, 3.8) is 0 Å². The monoisotopic (exact) mass is 278 g/mol. The number of aryl methyl sites for hydroxylation is 1. The molecule has 1 N–H and O–H groups in total. The number of aliphatic hydroxyl groups is 1. The van der Waals surface area contributed by atoms with E-state index in [2.05, 4.69) is 37.2 Å². The van der Waals surface area contributed by atoms with E-state index >= 15 is 0 Å². The standard InChI is InChI=1S/C17H30N2O/c1-5-16(3,4)14-7-9-17(20,10-8-14)13-15-18-11-12-19(15)6-2/h11-12,14,20H,5-10,13H2,1-4H3. The summed E-state index contributed by atoms with van der Waals surface area (Å²) in [5, 5.41) is 10.9. The lowest BCUT2D eigenvalue weighted by atomic mass is 9.66. The van der Waals surface area contributed by atoms with Gasteiger partial charge in [0.05, 0.1) is 5.60 Å². The summed E-state index contributed by atoms with van der Waals surface area (Å²) in [6.45, 7) is 10.1. The lowest BCUT2D eigenvalue weighted by molar-refractivity contribution is -0.0294. The van der Waals surface area contributed by atoms with E-state index < -0.39 is 5.60 Å². The first-order chi connectivity index (χ1) is 9.40.